The van der Waals surface area contributed by atoms with Gasteiger partial charge in [-0.1, -0.05) is 60.8 Å². The third kappa shape index (κ3) is 3.91. The van der Waals surface area contributed by atoms with Gasteiger partial charge in [-0.3, -0.25) is 0 Å². The molecule has 1 rings (SSSR count). The summed E-state index contributed by atoms with van der Waals surface area (Å²) in [5.41, 5.74) is 7.38. The molecule has 1 aromatic carbocycles. The first kappa shape index (κ1) is 13.7. The van der Waals surface area contributed by atoms with Crippen molar-refractivity contribution in [3.8, 4) is 0 Å². The van der Waals surface area contributed by atoms with Crippen LogP contribution in [0.2, 0.25) is 0 Å². The van der Waals surface area contributed by atoms with Crippen molar-refractivity contribution in [1.29, 1.82) is 0 Å². The van der Waals surface area contributed by atoms with Crippen molar-refractivity contribution in [3.63, 3.8) is 0 Å². The van der Waals surface area contributed by atoms with Gasteiger partial charge in [-0.15, -0.1) is 0 Å². The molecule has 0 saturated carbocycles. The number of benzene rings is 1. The van der Waals surface area contributed by atoms with E-state index in [1.54, 1.807) is 0 Å². The van der Waals surface area contributed by atoms with Crippen LogP contribution in [0.15, 0.2) is 28.7 Å². The highest BCUT2D eigenvalue weighted by Crippen LogP contribution is 2.30. The topological polar surface area (TPSA) is 26.0 Å². The molecule has 90 valence electrons. The van der Waals surface area contributed by atoms with Crippen LogP contribution >= 0.6 is 15.9 Å². The largest absolute Gasteiger partial charge is 0.322 e. The van der Waals surface area contributed by atoms with E-state index >= 15 is 0 Å². The molecule has 0 fully saturated rings. The summed E-state index contributed by atoms with van der Waals surface area (Å²) < 4.78 is 1.12. The Kier molecular flexibility index (Phi) is 5.00. The van der Waals surface area contributed by atoms with Crippen molar-refractivity contribution >= 4 is 15.9 Å². The molecule has 2 heteroatoms. The molecule has 1 unspecified atom stereocenters. The fourth-order valence-corrected chi connectivity index (χ4v) is 2.67. The lowest BCUT2D eigenvalue weighted by Gasteiger charge is -2.26. The summed E-state index contributed by atoms with van der Waals surface area (Å²) in [6, 6.07) is 8.24. The first-order valence-electron chi connectivity index (χ1n) is 5.97. The van der Waals surface area contributed by atoms with Gasteiger partial charge in [-0.05, 0) is 30.9 Å². The summed E-state index contributed by atoms with van der Waals surface area (Å²) >= 11 is 3.57. The minimum absolute atomic E-state index is 0.227. The minimum atomic E-state index is -0.227. The molecule has 16 heavy (non-hydrogen) atoms. The van der Waals surface area contributed by atoms with Crippen LogP contribution in [-0.2, 0) is 5.54 Å². The van der Waals surface area contributed by atoms with Gasteiger partial charge in [0.25, 0.3) is 0 Å². The summed E-state index contributed by atoms with van der Waals surface area (Å²) in [5.74, 6) is 0.759. The lowest BCUT2D eigenvalue weighted by molar-refractivity contribution is 0.405. The zero-order chi connectivity index (χ0) is 12.2. The molecule has 1 aromatic rings. The highest BCUT2D eigenvalue weighted by molar-refractivity contribution is 9.10. The number of halogens is 1. The Morgan fingerprint density at radius 2 is 1.94 bits per heavy atom. The van der Waals surface area contributed by atoms with Crippen LogP contribution in [-0.4, -0.2) is 0 Å². The zero-order valence-electron chi connectivity index (χ0n) is 10.5. The van der Waals surface area contributed by atoms with Crippen LogP contribution in [0, 0.1) is 5.92 Å². The third-order valence-electron chi connectivity index (χ3n) is 2.97. The van der Waals surface area contributed by atoms with E-state index in [1.165, 1.54) is 18.4 Å². The molecule has 2 N–H and O–H groups in total. The molecule has 0 spiro atoms. The third-order valence-corrected chi connectivity index (χ3v) is 3.66. The van der Waals surface area contributed by atoms with Gasteiger partial charge in [-0.25, -0.2) is 0 Å². The summed E-state index contributed by atoms with van der Waals surface area (Å²) in [5, 5.41) is 0. The maximum absolute atomic E-state index is 6.40. The van der Waals surface area contributed by atoms with Crippen LogP contribution in [0.25, 0.3) is 0 Å². The second-order valence-corrected chi connectivity index (χ2v) is 6.04. The molecule has 1 atom stereocenters. The molecule has 0 aromatic heterocycles. The lowest BCUT2D eigenvalue weighted by Crippen LogP contribution is -2.33. The SMILES string of the molecule is CC(C)CCCC(C)(N)c1ccccc1Br. The van der Waals surface area contributed by atoms with E-state index in [1.807, 2.05) is 12.1 Å². The molecular weight excluding hydrogens is 262 g/mol. The van der Waals surface area contributed by atoms with Crippen molar-refractivity contribution in [2.45, 2.75) is 45.6 Å². The smallest absolute Gasteiger partial charge is 0.0392 e. The van der Waals surface area contributed by atoms with Crippen molar-refractivity contribution in [2.75, 3.05) is 0 Å². The van der Waals surface area contributed by atoms with Gasteiger partial charge in [-0.2, -0.15) is 0 Å². The van der Waals surface area contributed by atoms with E-state index in [4.69, 9.17) is 5.73 Å². The van der Waals surface area contributed by atoms with E-state index in [2.05, 4.69) is 48.8 Å². The van der Waals surface area contributed by atoms with Crippen LogP contribution in [0.1, 0.15) is 45.6 Å². The number of hydrogen-bond acceptors (Lipinski definition) is 1. The summed E-state index contributed by atoms with van der Waals surface area (Å²) in [6.45, 7) is 6.63. The molecule has 1 nitrogen and oxygen atoms in total. The van der Waals surface area contributed by atoms with Gasteiger partial charge in [0, 0.05) is 10.0 Å². The molecule has 0 heterocycles. The van der Waals surface area contributed by atoms with E-state index in [0.29, 0.717) is 0 Å². The van der Waals surface area contributed by atoms with Gasteiger partial charge in [0.15, 0.2) is 0 Å². The standard InChI is InChI=1S/C14H22BrN/c1-11(2)7-6-10-14(3,16)12-8-4-5-9-13(12)15/h4-5,8-9,11H,6-7,10,16H2,1-3H3. The Labute approximate surface area is 108 Å². The van der Waals surface area contributed by atoms with E-state index in [0.717, 1.165) is 16.8 Å². The Balaban J connectivity index is 2.66. The van der Waals surface area contributed by atoms with Gasteiger partial charge >= 0.3 is 0 Å². The van der Waals surface area contributed by atoms with Crippen LogP contribution in [0.3, 0.4) is 0 Å². The van der Waals surface area contributed by atoms with Crippen molar-refractivity contribution in [2.24, 2.45) is 11.7 Å². The first-order chi connectivity index (χ1) is 7.43. The van der Waals surface area contributed by atoms with Crippen molar-refractivity contribution in [1.82, 2.24) is 0 Å². The molecule has 0 aliphatic rings. The normalized spacial score (nSPS) is 15.1. The molecule has 0 aliphatic heterocycles. The van der Waals surface area contributed by atoms with E-state index in [9.17, 15) is 0 Å². The summed E-state index contributed by atoms with van der Waals surface area (Å²) in [4.78, 5) is 0. The number of hydrogen-bond donors (Lipinski definition) is 1. The average molecular weight is 284 g/mol. The predicted octanol–water partition coefficient (Wildman–Crippen LogP) is 4.45. The van der Waals surface area contributed by atoms with E-state index in [-0.39, 0.29) is 5.54 Å². The van der Waals surface area contributed by atoms with E-state index < -0.39 is 0 Å². The highest BCUT2D eigenvalue weighted by atomic mass is 79.9. The van der Waals surface area contributed by atoms with Crippen LogP contribution in [0.4, 0.5) is 0 Å². The fourth-order valence-electron chi connectivity index (χ4n) is 1.94. The zero-order valence-corrected chi connectivity index (χ0v) is 12.0. The lowest BCUT2D eigenvalue weighted by atomic mass is 9.87. The molecule has 0 saturated heterocycles. The van der Waals surface area contributed by atoms with Gasteiger partial charge in [0.05, 0.1) is 0 Å². The summed E-state index contributed by atoms with van der Waals surface area (Å²) in [7, 11) is 0. The van der Waals surface area contributed by atoms with Crippen LogP contribution in [0.5, 0.6) is 0 Å². The second-order valence-electron chi connectivity index (χ2n) is 5.18. The molecule has 0 radical (unpaired) electrons. The molecular formula is C14H22BrN. The minimum Gasteiger partial charge on any atom is -0.322 e. The van der Waals surface area contributed by atoms with Gasteiger partial charge in [0.1, 0.15) is 0 Å². The molecule has 0 bridgehead atoms. The molecule has 0 aliphatic carbocycles. The Bertz CT molecular complexity index is 331. The highest BCUT2D eigenvalue weighted by Gasteiger charge is 2.22. The summed E-state index contributed by atoms with van der Waals surface area (Å²) in [6.07, 6.45) is 3.47. The number of nitrogens with two attached hydrogens (primary N) is 1. The second kappa shape index (κ2) is 5.83. The monoisotopic (exact) mass is 283 g/mol. The first-order valence-corrected chi connectivity index (χ1v) is 6.76. The van der Waals surface area contributed by atoms with Crippen molar-refractivity contribution in [3.05, 3.63) is 34.3 Å². The quantitative estimate of drug-likeness (QED) is 0.849. The number of rotatable bonds is 5. The van der Waals surface area contributed by atoms with Crippen LogP contribution < -0.4 is 5.73 Å². The van der Waals surface area contributed by atoms with Gasteiger partial charge in [0.2, 0.25) is 0 Å². The average Bonchev–Trinajstić information content (AvgIpc) is 2.17. The predicted molar refractivity (Wildman–Crippen MR) is 74.4 cm³/mol. The maximum atomic E-state index is 6.40. The van der Waals surface area contributed by atoms with Gasteiger partial charge < -0.3 is 5.73 Å². The Hall–Kier alpha value is -0.340. The van der Waals surface area contributed by atoms with Crippen molar-refractivity contribution < 1.29 is 0 Å². The Morgan fingerprint density at radius 3 is 2.50 bits per heavy atom. The molecule has 0 amide bonds. The Morgan fingerprint density at radius 1 is 1.31 bits per heavy atom. The maximum Gasteiger partial charge on any atom is 0.0392 e. The fraction of sp³-hybridized carbons (Fsp3) is 0.571.